The first-order chi connectivity index (χ1) is 16.1. The lowest BCUT2D eigenvalue weighted by molar-refractivity contribution is 0.0595. The number of carbonyl (C=O) groups excluding carboxylic acids is 2. The molecule has 3 heterocycles. The predicted molar refractivity (Wildman–Crippen MR) is 132 cm³/mol. The van der Waals surface area contributed by atoms with E-state index in [1.807, 2.05) is 42.6 Å². The molecule has 1 atom stereocenters. The molecule has 5 rings (SSSR count). The van der Waals surface area contributed by atoms with Crippen molar-refractivity contribution >= 4 is 34.9 Å². The maximum Gasteiger partial charge on any atom is 0.264 e. The van der Waals surface area contributed by atoms with Gasteiger partial charge in [-0.05, 0) is 24.6 Å². The molecule has 6 nitrogen and oxygen atoms in total. The van der Waals surface area contributed by atoms with Gasteiger partial charge in [0, 0.05) is 44.3 Å². The summed E-state index contributed by atoms with van der Waals surface area (Å²) in [5, 5.41) is 2.63. The molecule has 2 aliphatic rings. The van der Waals surface area contributed by atoms with Crippen molar-refractivity contribution in [2.75, 3.05) is 37.6 Å². The molecule has 0 N–H and O–H groups in total. The summed E-state index contributed by atoms with van der Waals surface area (Å²) in [4.78, 5) is 36.8. The summed E-state index contributed by atoms with van der Waals surface area (Å²) in [7, 11) is 0. The van der Waals surface area contributed by atoms with Crippen molar-refractivity contribution in [1.29, 1.82) is 0 Å². The number of nitrogens with zero attached hydrogens (tertiary/aromatic N) is 4. The van der Waals surface area contributed by atoms with Gasteiger partial charge in [-0.3, -0.25) is 19.4 Å². The maximum absolute atomic E-state index is 13.4. The molecule has 2 aromatic carbocycles. The van der Waals surface area contributed by atoms with E-state index in [9.17, 15) is 9.59 Å². The third-order valence-corrected chi connectivity index (χ3v) is 7.25. The normalized spacial score (nSPS) is 17.7. The third kappa shape index (κ3) is 4.21. The van der Waals surface area contributed by atoms with Crippen LogP contribution in [0.25, 0.3) is 6.08 Å². The minimum atomic E-state index is -0.376. The molecule has 1 aromatic heterocycles. The Morgan fingerprint density at radius 2 is 1.79 bits per heavy atom. The lowest BCUT2D eigenvalue weighted by Gasteiger charge is -2.36. The number of hydrogen-bond donors (Lipinski definition) is 0. The van der Waals surface area contributed by atoms with Gasteiger partial charge in [0.2, 0.25) is 0 Å². The number of carbonyl (C=O) groups is 2. The number of piperazine rings is 1. The average molecular weight is 459 g/mol. The molecule has 2 amide bonds. The standard InChI is InChI=1S/C26H26N4O2S/c1-19(24-27-12-18-33-24)30-25(31)21-10-5-11-22(23(21)26(30)32)29-16-14-28(15-17-29)13-6-9-20-7-3-2-4-8-20/h2-12,18-19H,13-17H2,1H3/b9-6+. The third-order valence-electron chi connectivity index (χ3n) is 6.31. The van der Waals surface area contributed by atoms with E-state index in [1.54, 1.807) is 12.3 Å². The second kappa shape index (κ2) is 9.29. The fraction of sp³-hybridized carbons (Fsp3) is 0.269. The maximum atomic E-state index is 13.4. The lowest BCUT2D eigenvalue weighted by Crippen LogP contribution is -2.46. The average Bonchev–Trinajstić information content (AvgIpc) is 3.47. The second-order valence-electron chi connectivity index (χ2n) is 8.33. The quantitative estimate of drug-likeness (QED) is 0.515. The Kier molecular flexibility index (Phi) is 6.07. The van der Waals surface area contributed by atoms with Crippen LogP contribution in [0.5, 0.6) is 0 Å². The number of benzene rings is 2. The van der Waals surface area contributed by atoms with E-state index in [4.69, 9.17) is 0 Å². The van der Waals surface area contributed by atoms with Gasteiger partial charge in [0.05, 0.1) is 22.9 Å². The number of aromatic nitrogens is 1. The van der Waals surface area contributed by atoms with Crippen LogP contribution >= 0.6 is 11.3 Å². The van der Waals surface area contributed by atoms with Gasteiger partial charge in [-0.25, -0.2) is 4.98 Å². The second-order valence-corrected chi connectivity index (χ2v) is 9.25. The topological polar surface area (TPSA) is 56.8 Å². The molecule has 0 spiro atoms. The van der Waals surface area contributed by atoms with Gasteiger partial charge < -0.3 is 4.90 Å². The van der Waals surface area contributed by atoms with Crippen molar-refractivity contribution in [1.82, 2.24) is 14.8 Å². The Labute approximate surface area is 197 Å². The first-order valence-corrected chi connectivity index (χ1v) is 12.1. The minimum Gasteiger partial charge on any atom is -0.368 e. The van der Waals surface area contributed by atoms with Crippen molar-refractivity contribution in [2.24, 2.45) is 0 Å². The zero-order valence-corrected chi connectivity index (χ0v) is 19.4. The van der Waals surface area contributed by atoms with E-state index in [2.05, 4.69) is 39.1 Å². The lowest BCUT2D eigenvalue weighted by atomic mass is 10.1. The molecule has 0 radical (unpaired) electrons. The number of amides is 2. The molecule has 168 valence electrons. The van der Waals surface area contributed by atoms with Crippen molar-refractivity contribution < 1.29 is 9.59 Å². The molecule has 2 aliphatic heterocycles. The molecule has 0 bridgehead atoms. The highest BCUT2D eigenvalue weighted by atomic mass is 32.1. The van der Waals surface area contributed by atoms with Gasteiger partial charge in [0.15, 0.2) is 0 Å². The Morgan fingerprint density at radius 3 is 2.52 bits per heavy atom. The summed E-state index contributed by atoms with van der Waals surface area (Å²) >= 11 is 1.46. The molecule has 1 fully saturated rings. The van der Waals surface area contributed by atoms with Crippen molar-refractivity contribution in [3.63, 3.8) is 0 Å². The molecule has 33 heavy (non-hydrogen) atoms. The fourth-order valence-electron chi connectivity index (χ4n) is 4.53. The molecule has 1 saturated heterocycles. The monoisotopic (exact) mass is 458 g/mol. The zero-order chi connectivity index (χ0) is 22.8. The fourth-order valence-corrected chi connectivity index (χ4v) is 5.21. The van der Waals surface area contributed by atoms with Crippen LogP contribution in [0.2, 0.25) is 0 Å². The van der Waals surface area contributed by atoms with Crippen LogP contribution in [0.3, 0.4) is 0 Å². The van der Waals surface area contributed by atoms with Crippen molar-refractivity contribution in [3.8, 4) is 0 Å². The molecular weight excluding hydrogens is 432 g/mol. The number of imide groups is 1. The molecule has 3 aromatic rings. The molecule has 7 heteroatoms. The van der Waals surface area contributed by atoms with Crippen LogP contribution in [0.4, 0.5) is 5.69 Å². The van der Waals surface area contributed by atoms with Crippen LogP contribution in [0.15, 0.2) is 66.2 Å². The Hall–Kier alpha value is -3.29. The summed E-state index contributed by atoms with van der Waals surface area (Å²) in [5.41, 5.74) is 3.09. The molecule has 1 unspecified atom stereocenters. The SMILES string of the molecule is CC(c1nccs1)N1C(=O)c2cccc(N3CCN(C/C=C/c4ccccc4)CC3)c2C1=O. The largest absolute Gasteiger partial charge is 0.368 e. The summed E-state index contributed by atoms with van der Waals surface area (Å²) in [5.74, 6) is -0.453. The van der Waals surface area contributed by atoms with Gasteiger partial charge in [-0.15, -0.1) is 11.3 Å². The highest BCUT2D eigenvalue weighted by molar-refractivity contribution is 7.09. The first-order valence-electron chi connectivity index (χ1n) is 11.2. The summed E-state index contributed by atoms with van der Waals surface area (Å²) in [6.45, 7) is 6.21. The Balaban J connectivity index is 1.28. The summed E-state index contributed by atoms with van der Waals surface area (Å²) < 4.78 is 0. The minimum absolute atomic E-state index is 0.221. The Bertz CT molecular complexity index is 1170. The molecule has 0 saturated carbocycles. The van der Waals surface area contributed by atoms with Gasteiger partial charge in [-0.1, -0.05) is 48.6 Å². The van der Waals surface area contributed by atoms with E-state index < -0.39 is 0 Å². The Morgan fingerprint density at radius 1 is 1.00 bits per heavy atom. The van der Waals surface area contributed by atoms with E-state index in [0.717, 1.165) is 43.4 Å². The van der Waals surface area contributed by atoms with Crippen molar-refractivity contribution in [2.45, 2.75) is 13.0 Å². The van der Waals surface area contributed by atoms with Gasteiger partial charge in [-0.2, -0.15) is 0 Å². The van der Waals surface area contributed by atoms with Gasteiger partial charge in [0.1, 0.15) is 5.01 Å². The van der Waals surface area contributed by atoms with Crippen LogP contribution < -0.4 is 4.90 Å². The first kappa shape index (κ1) is 21.6. The highest BCUT2D eigenvalue weighted by Crippen LogP contribution is 2.37. The summed E-state index contributed by atoms with van der Waals surface area (Å²) in [6, 6.07) is 15.5. The van der Waals surface area contributed by atoms with E-state index in [1.165, 1.54) is 21.8 Å². The molecular formula is C26H26N4O2S. The van der Waals surface area contributed by atoms with Gasteiger partial charge >= 0.3 is 0 Å². The number of fused-ring (bicyclic) bond motifs is 1. The van der Waals surface area contributed by atoms with Crippen LogP contribution in [0, 0.1) is 0 Å². The number of thiazole rings is 1. The van der Waals surface area contributed by atoms with Crippen molar-refractivity contribution in [3.05, 3.63) is 87.9 Å². The number of hydrogen-bond acceptors (Lipinski definition) is 6. The van der Waals surface area contributed by atoms with Crippen LogP contribution in [-0.2, 0) is 0 Å². The van der Waals surface area contributed by atoms with E-state index >= 15 is 0 Å². The summed E-state index contributed by atoms with van der Waals surface area (Å²) in [6.07, 6.45) is 6.05. The van der Waals surface area contributed by atoms with Crippen LogP contribution in [0.1, 0.15) is 44.3 Å². The number of rotatable bonds is 6. The zero-order valence-electron chi connectivity index (χ0n) is 18.6. The number of anilines is 1. The van der Waals surface area contributed by atoms with E-state index in [-0.39, 0.29) is 17.9 Å². The predicted octanol–water partition coefficient (Wildman–Crippen LogP) is 4.34. The smallest absolute Gasteiger partial charge is 0.264 e. The van der Waals surface area contributed by atoms with Gasteiger partial charge in [0.25, 0.3) is 11.8 Å². The highest BCUT2D eigenvalue weighted by Gasteiger charge is 2.42. The van der Waals surface area contributed by atoms with Crippen LogP contribution in [-0.4, -0.2) is 59.3 Å². The molecule has 0 aliphatic carbocycles. The van der Waals surface area contributed by atoms with E-state index in [0.29, 0.717) is 11.1 Å².